The van der Waals surface area contributed by atoms with Crippen molar-refractivity contribution < 1.29 is 9.21 Å². The molecule has 0 spiro atoms. The fraction of sp³-hybridized carbons (Fsp3) is 0.143. The number of oxazole rings is 1. The molecule has 96 valence electrons. The zero-order valence-electron chi connectivity index (χ0n) is 10.4. The Labute approximate surface area is 109 Å². The summed E-state index contributed by atoms with van der Waals surface area (Å²) in [5, 5.41) is 3.79. The molecule has 3 rings (SSSR count). The zero-order valence-corrected chi connectivity index (χ0v) is 10.4. The van der Waals surface area contributed by atoms with Gasteiger partial charge >= 0.3 is 0 Å². The summed E-state index contributed by atoms with van der Waals surface area (Å²) in [5.41, 5.74) is 1.63. The van der Waals surface area contributed by atoms with Gasteiger partial charge in [-0.2, -0.15) is 0 Å². The highest BCUT2D eigenvalue weighted by atomic mass is 16.4. The highest BCUT2D eigenvalue weighted by molar-refractivity contribution is 5.97. The Morgan fingerprint density at radius 2 is 2.32 bits per heavy atom. The van der Waals surface area contributed by atoms with E-state index in [2.05, 4.69) is 15.3 Å². The highest BCUT2D eigenvalue weighted by Gasteiger charge is 2.08. The topological polar surface area (TPSA) is 70.9 Å². The van der Waals surface area contributed by atoms with Crippen molar-refractivity contribution in [2.24, 2.45) is 0 Å². The molecule has 0 atom stereocenters. The molecule has 19 heavy (non-hydrogen) atoms. The lowest BCUT2D eigenvalue weighted by Crippen LogP contribution is -2.22. The quantitative estimate of drug-likeness (QED) is 0.755. The predicted octanol–water partition coefficient (Wildman–Crippen LogP) is 2.39. The maximum Gasteiger partial charge on any atom is 0.251 e. The molecule has 2 aromatic heterocycles. The number of hydrogen-bond donors (Lipinski definition) is 2. The van der Waals surface area contributed by atoms with Crippen molar-refractivity contribution >= 4 is 16.8 Å². The molecular formula is C14H13N3O2. The van der Waals surface area contributed by atoms with Gasteiger partial charge in [-0.3, -0.25) is 4.79 Å². The number of amides is 1. The average Bonchev–Trinajstić information content (AvgIpc) is 3.03. The van der Waals surface area contributed by atoms with Crippen molar-refractivity contribution in [2.75, 3.05) is 0 Å². The smallest absolute Gasteiger partial charge is 0.251 e. The number of nitrogens with one attached hydrogen (secondary N) is 2. The Hall–Kier alpha value is -2.56. The number of rotatable bonds is 3. The standard InChI is InChI=1S/C14H13N3O2/c1-9-7-16-13(19-9)8-17-14(18)11-2-3-12-10(6-11)4-5-15-12/h2-7,15H,8H2,1H3,(H,17,18). The van der Waals surface area contributed by atoms with E-state index in [1.807, 2.05) is 31.3 Å². The molecule has 3 aromatic rings. The van der Waals surface area contributed by atoms with Gasteiger partial charge in [-0.15, -0.1) is 0 Å². The molecule has 0 saturated heterocycles. The van der Waals surface area contributed by atoms with Crippen LogP contribution in [0.3, 0.4) is 0 Å². The fourth-order valence-electron chi connectivity index (χ4n) is 1.94. The zero-order chi connectivity index (χ0) is 13.2. The molecule has 5 nitrogen and oxygen atoms in total. The molecule has 2 heterocycles. The van der Waals surface area contributed by atoms with Gasteiger partial charge < -0.3 is 14.7 Å². The summed E-state index contributed by atoms with van der Waals surface area (Å²) in [5.74, 6) is 1.10. The Bertz CT molecular complexity index is 727. The number of aryl methyl sites for hydroxylation is 1. The highest BCUT2D eigenvalue weighted by Crippen LogP contribution is 2.14. The molecule has 0 aliphatic rings. The van der Waals surface area contributed by atoms with Crippen LogP contribution in [-0.4, -0.2) is 15.9 Å². The first-order valence-corrected chi connectivity index (χ1v) is 5.99. The van der Waals surface area contributed by atoms with Crippen LogP contribution in [0.1, 0.15) is 22.0 Å². The maximum atomic E-state index is 12.0. The Morgan fingerprint density at radius 1 is 1.42 bits per heavy atom. The second kappa shape index (κ2) is 4.61. The van der Waals surface area contributed by atoms with Crippen LogP contribution in [0, 0.1) is 6.92 Å². The number of benzene rings is 1. The molecule has 0 bridgehead atoms. The maximum absolute atomic E-state index is 12.0. The van der Waals surface area contributed by atoms with E-state index in [4.69, 9.17) is 4.42 Å². The second-order valence-corrected chi connectivity index (χ2v) is 4.33. The number of aromatic nitrogens is 2. The van der Waals surface area contributed by atoms with Gasteiger partial charge in [0.2, 0.25) is 5.89 Å². The van der Waals surface area contributed by atoms with E-state index in [1.54, 1.807) is 12.3 Å². The van der Waals surface area contributed by atoms with E-state index in [0.29, 0.717) is 11.5 Å². The van der Waals surface area contributed by atoms with Crippen molar-refractivity contribution in [2.45, 2.75) is 13.5 Å². The Morgan fingerprint density at radius 3 is 3.11 bits per heavy atom. The number of hydrogen-bond acceptors (Lipinski definition) is 3. The first kappa shape index (κ1) is 11.5. The SMILES string of the molecule is Cc1cnc(CNC(=O)c2ccc3[nH]ccc3c2)o1. The molecular weight excluding hydrogens is 242 g/mol. The van der Waals surface area contributed by atoms with Crippen molar-refractivity contribution in [3.63, 3.8) is 0 Å². The van der Waals surface area contributed by atoms with Gasteiger partial charge in [0, 0.05) is 22.7 Å². The van der Waals surface area contributed by atoms with Gasteiger partial charge in [0.15, 0.2) is 0 Å². The molecule has 0 saturated carbocycles. The number of fused-ring (bicyclic) bond motifs is 1. The monoisotopic (exact) mass is 255 g/mol. The number of carbonyl (C=O) groups is 1. The second-order valence-electron chi connectivity index (χ2n) is 4.33. The van der Waals surface area contributed by atoms with Crippen LogP contribution in [0.2, 0.25) is 0 Å². The Balaban J connectivity index is 1.72. The van der Waals surface area contributed by atoms with Gasteiger partial charge in [0.05, 0.1) is 12.7 Å². The number of aromatic amines is 1. The third-order valence-corrected chi connectivity index (χ3v) is 2.88. The lowest BCUT2D eigenvalue weighted by atomic mass is 10.1. The largest absolute Gasteiger partial charge is 0.444 e. The lowest BCUT2D eigenvalue weighted by molar-refractivity contribution is 0.0947. The van der Waals surface area contributed by atoms with Crippen LogP contribution in [0.15, 0.2) is 41.1 Å². The van der Waals surface area contributed by atoms with Crippen molar-refractivity contribution in [1.82, 2.24) is 15.3 Å². The molecule has 0 aliphatic heterocycles. The summed E-state index contributed by atoms with van der Waals surface area (Å²) in [6.07, 6.45) is 3.48. The van der Waals surface area contributed by atoms with Crippen LogP contribution in [-0.2, 0) is 6.54 Å². The van der Waals surface area contributed by atoms with Crippen molar-refractivity contribution in [1.29, 1.82) is 0 Å². The van der Waals surface area contributed by atoms with Crippen LogP contribution in [0.4, 0.5) is 0 Å². The van der Waals surface area contributed by atoms with Crippen molar-refractivity contribution in [3.8, 4) is 0 Å². The van der Waals surface area contributed by atoms with Gasteiger partial charge in [-0.25, -0.2) is 4.98 Å². The van der Waals surface area contributed by atoms with Crippen LogP contribution >= 0.6 is 0 Å². The molecule has 2 N–H and O–H groups in total. The number of H-pyrrole nitrogens is 1. The predicted molar refractivity (Wildman–Crippen MR) is 70.7 cm³/mol. The lowest BCUT2D eigenvalue weighted by Gasteiger charge is -2.03. The molecule has 0 fully saturated rings. The van der Waals surface area contributed by atoms with Gasteiger partial charge in [-0.1, -0.05) is 0 Å². The summed E-state index contributed by atoms with van der Waals surface area (Å²) in [6, 6.07) is 7.46. The first-order valence-electron chi connectivity index (χ1n) is 5.99. The van der Waals surface area contributed by atoms with E-state index in [-0.39, 0.29) is 12.5 Å². The van der Waals surface area contributed by atoms with E-state index < -0.39 is 0 Å². The normalized spacial score (nSPS) is 10.8. The molecule has 0 unspecified atom stereocenters. The van der Waals surface area contributed by atoms with E-state index >= 15 is 0 Å². The van der Waals surface area contributed by atoms with Gasteiger partial charge in [0.25, 0.3) is 5.91 Å². The van der Waals surface area contributed by atoms with E-state index in [1.165, 1.54) is 0 Å². The van der Waals surface area contributed by atoms with Crippen LogP contribution in [0.5, 0.6) is 0 Å². The summed E-state index contributed by atoms with van der Waals surface area (Å²) < 4.78 is 5.30. The minimum atomic E-state index is -0.140. The summed E-state index contributed by atoms with van der Waals surface area (Å²) >= 11 is 0. The van der Waals surface area contributed by atoms with Crippen LogP contribution < -0.4 is 5.32 Å². The molecule has 1 aromatic carbocycles. The molecule has 0 aliphatic carbocycles. The van der Waals surface area contributed by atoms with Gasteiger partial charge in [0.1, 0.15) is 5.76 Å². The first-order chi connectivity index (χ1) is 9.22. The average molecular weight is 255 g/mol. The third-order valence-electron chi connectivity index (χ3n) is 2.88. The minimum absolute atomic E-state index is 0.140. The minimum Gasteiger partial charge on any atom is -0.444 e. The fourth-order valence-corrected chi connectivity index (χ4v) is 1.94. The third kappa shape index (κ3) is 2.35. The summed E-state index contributed by atoms with van der Waals surface area (Å²) in [7, 11) is 0. The summed E-state index contributed by atoms with van der Waals surface area (Å²) in [4.78, 5) is 19.1. The number of carbonyl (C=O) groups excluding carboxylic acids is 1. The Kier molecular flexibility index (Phi) is 2.79. The molecule has 0 radical (unpaired) electrons. The van der Waals surface area contributed by atoms with E-state index in [0.717, 1.165) is 16.7 Å². The molecule has 1 amide bonds. The number of nitrogens with zero attached hydrogens (tertiary/aromatic N) is 1. The van der Waals surface area contributed by atoms with E-state index in [9.17, 15) is 4.79 Å². The van der Waals surface area contributed by atoms with Gasteiger partial charge in [-0.05, 0) is 31.2 Å². The van der Waals surface area contributed by atoms with Crippen LogP contribution in [0.25, 0.3) is 10.9 Å². The molecule has 5 heteroatoms. The van der Waals surface area contributed by atoms with Crippen molar-refractivity contribution in [3.05, 3.63) is 53.9 Å². The summed E-state index contributed by atoms with van der Waals surface area (Å²) in [6.45, 7) is 2.11.